The minimum Gasteiger partial charge on any atom is -0.377 e. The summed E-state index contributed by atoms with van der Waals surface area (Å²) in [6.07, 6.45) is 2.89. The summed E-state index contributed by atoms with van der Waals surface area (Å²) < 4.78 is 5.45. The molecule has 1 aromatic rings. The Morgan fingerprint density at radius 2 is 2.00 bits per heavy atom. The third-order valence-corrected chi connectivity index (χ3v) is 4.27. The van der Waals surface area contributed by atoms with Gasteiger partial charge in [-0.25, -0.2) is 0 Å². The van der Waals surface area contributed by atoms with E-state index in [2.05, 4.69) is 52.6 Å². The third kappa shape index (κ3) is 5.19. The molecule has 0 spiro atoms. The fraction of sp³-hybridized carbons (Fsp3) is 0.526. The number of ether oxygens (including phenoxy) is 1. The highest BCUT2D eigenvalue weighted by Crippen LogP contribution is 2.14. The van der Waals surface area contributed by atoms with Crippen LogP contribution in [0.25, 0.3) is 0 Å². The van der Waals surface area contributed by atoms with Crippen LogP contribution >= 0.6 is 0 Å². The first-order valence-corrected chi connectivity index (χ1v) is 8.45. The van der Waals surface area contributed by atoms with Crippen LogP contribution in [0.1, 0.15) is 17.5 Å². The Bertz CT molecular complexity index is 519. The zero-order valence-electron chi connectivity index (χ0n) is 14.5. The molecule has 1 fully saturated rings. The number of amidine groups is 1. The molecule has 126 valence electrons. The number of rotatable bonds is 7. The Morgan fingerprint density at radius 1 is 1.26 bits per heavy atom. The molecule has 23 heavy (non-hydrogen) atoms. The molecule has 4 heteroatoms. The van der Waals surface area contributed by atoms with Crippen LogP contribution < -0.4 is 0 Å². The first-order valence-electron chi connectivity index (χ1n) is 8.45. The molecule has 0 radical (unpaired) electrons. The standard InChI is InChI=1S/C19H29N3O/c1-4-15-23-16-7-10-21-11-13-22(14-12-21)19(20-3)18-9-6-5-8-17(18)2/h4-6,8-9H,1,7,10-16H2,2-3H3. The Kier molecular flexibility index (Phi) is 7.30. The predicted octanol–water partition coefficient (Wildman–Crippen LogP) is 2.58. The van der Waals surface area contributed by atoms with Crippen molar-refractivity contribution in [3.05, 3.63) is 48.0 Å². The molecule has 4 nitrogen and oxygen atoms in total. The minimum absolute atomic E-state index is 0.653. The molecule has 1 heterocycles. The van der Waals surface area contributed by atoms with Crippen molar-refractivity contribution in [3.63, 3.8) is 0 Å². The lowest BCUT2D eigenvalue weighted by atomic mass is 10.1. The lowest BCUT2D eigenvalue weighted by Gasteiger charge is -2.36. The highest BCUT2D eigenvalue weighted by molar-refractivity contribution is 6.00. The molecule has 0 aliphatic carbocycles. The van der Waals surface area contributed by atoms with E-state index in [1.807, 2.05) is 7.05 Å². The Balaban J connectivity index is 1.81. The summed E-state index contributed by atoms with van der Waals surface area (Å²) in [7, 11) is 1.89. The molecular weight excluding hydrogens is 286 g/mol. The van der Waals surface area contributed by atoms with Gasteiger partial charge in [0.1, 0.15) is 5.84 Å². The summed E-state index contributed by atoms with van der Waals surface area (Å²) >= 11 is 0. The Labute approximate surface area is 140 Å². The van der Waals surface area contributed by atoms with Gasteiger partial charge in [-0.2, -0.15) is 0 Å². The molecule has 1 aliphatic heterocycles. The van der Waals surface area contributed by atoms with Crippen LogP contribution in [-0.2, 0) is 4.74 Å². The zero-order valence-corrected chi connectivity index (χ0v) is 14.5. The number of aryl methyl sites for hydroxylation is 1. The first kappa shape index (κ1) is 17.7. The third-order valence-electron chi connectivity index (χ3n) is 4.27. The fourth-order valence-corrected chi connectivity index (χ4v) is 3.00. The first-order chi connectivity index (χ1) is 11.3. The molecule has 0 N–H and O–H groups in total. The molecule has 1 aromatic carbocycles. The van der Waals surface area contributed by atoms with Crippen molar-refractivity contribution in [3.8, 4) is 0 Å². The predicted molar refractivity (Wildman–Crippen MR) is 97.3 cm³/mol. The van der Waals surface area contributed by atoms with Gasteiger partial charge in [0, 0.05) is 51.9 Å². The lowest BCUT2D eigenvalue weighted by molar-refractivity contribution is 0.129. The molecular formula is C19H29N3O. The molecule has 1 aliphatic rings. The lowest BCUT2D eigenvalue weighted by Crippen LogP contribution is -2.49. The van der Waals surface area contributed by atoms with Crippen molar-refractivity contribution in [2.24, 2.45) is 4.99 Å². The molecule has 0 amide bonds. The maximum absolute atomic E-state index is 5.45. The molecule has 0 unspecified atom stereocenters. The molecule has 2 rings (SSSR count). The Hall–Kier alpha value is -1.65. The van der Waals surface area contributed by atoms with Gasteiger partial charge in [-0.05, 0) is 18.9 Å². The number of benzene rings is 1. The van der Waals surface area contributed by atoms with Crippen LogP contribution in [0, 0.1) is 6.92 Å². The maximum atomic E-state index is 5.45. The van der Waals surface area contributed by atoms with Crippen molar-refractivity contribution in [2.75, 3.05) is 53.0 Å². The summed E-state index contributed by atoms with van der Waals surface area (Å²) in [5, 5.41) is 0. The van der Waals surface area contributed by atoms with Crippen LogP contribution in [0.5, 0.6) is 0 Å². The normalized spacial score (nSPS) is 16.6. The van der Waals surface area contributed by atoms with E-state index in [-0.39, 0.29) is 0 Å². The smallest absolute Gasteiger partial charge is 0.130 e. The molecule has 0 atom stereocenters. The number of hydrogen-bond donors (Lipinski definition) is 0. The molecule has 1 saturated heterocycles. The topological polar surface area (TPSA) is 28.1 Å². The molecule has 0 bridgehead atoms. The van der Waals surface area contributed by atoms with Crippen LogP contribution in [0.15, 0.2) is 41.9 Å². The fourth-order valence-electron chi connectivity index (χ4n) is 3.00. The highest BCUT2D eigenvalue weighted by Gasteiger charge is 2.20. The van der Waals surface area contributed by atoms with E-state index in [0.29, 0.717) is 6.61 Å². The quantitative estimate of drug-likeness (QED) is 0.335. The van der Waals surface area contributed by atoms with Gasteiger partial charge in [-0.3, -0.25) is 9.89 Å². The molecule has 0 aromatic heterocycles. The largest absolute Gasteiger partial charge is 0.377 e. The minimum atomic E-state index is 0.653. The monoisotopic (exact) mass is 315 g/mol. The second-order valence-corrected chi connectivity index (χ2v) is 5.91. The van der Waals surface area contributed by atoms with Crippen LogP contribution in [0.2, 0.25) is 0 Å². The van der Waals surface area contributed by atoms with E-state index < -0.39 is 0 Å². The summed E-state index contributed by atoms with van der Waals surface area (Å²) in [6.45, 7) is 12.6. The summed E-state index contributed by atoms with van der Waals surface area (Å²) in [4.78, 5) is 9.48. The van der Waals surface area contributed by atoms with Gasteiger partial charge in [0.2, 0.25) is 0 Å². The van der Waals surface area contributed by atoms with E-state index in [0.717, 1.165) is 51.6 Å². The van der Waals surface area contributed by atoms with Crippen LogP contribution in [0.4, 0.5) is 0 Å². The van der Waals surface area contributed by atoms with Crippen LogP contribution in [-0.4, -0.2) is 68.6 Å². The maximum Gasteiger partial charge on any atom is 0.130 e. The van der Waals surface area contributed by atoms with E-state index in [1.54, 1.807) is 6.08 Å². The number of piperazine rings is 1. The van der Waals surface area contributed by atoms with Gasteiger partial charge in [-0.15, -0.1) is 6.58 Å². The van der Waals surface area contributed by atoms with Gasteiger partial charge in [-0.1, -0.05) is 30.3 Å². The average molecular weight is 315 g/mol. The van der Waals surface area contributed by atoms with Crippen molar-refractivity contribution in [2.45, 2.75) is 13.3 Å². The molecule has 0 saturated carbocycles. The van der Waals surface area contributed by atoms with E-state index in [4.69, 9.17) is 4.74 Å². The van der Waals surface area contributed by atoms with E-state index in [9.17, 15) is 0 Å². The van der Waals surface area contributed by atoms with Crippen molar-refractivity contribution >= 4 is 5.84 Å². The zero-order chi connectivity index (χ0) is 16.5. The Morgan fingerprint density at radius 3 is 2.65 bits per heavy atom. The van der Waals surface area contributed by atoms with Crippen molar-refractivity contribution < 1.29 is 4.74 Å². The highest BCUT2D eigenvalue weighted by atomic mass is 16.5. The van der Waals surface area contributed by atoms with Gasteiger partial charge in [0.25, 0.3) is 0 Å². The van der Waals surface area contributed by atoms with Gasteiger partial charge >= 0.3 is 0 Å². The van der Waals surface area contributed by atoms with Gasteiger partial charge < -0.3 is 9.64 Å². The van der Waals surface area contributed by atoms with E-state index >= 15 is 0 Å². The van der Waals surface area contributed by atoms with Gasteiger partial charge in [0.05, 0.1) is 6.61 Å². The van der Waals surface area contributed by atoms with Crippen LogP contribution in [0.3, 0.4) is 0 Å². The van der Waals surface area contributed by atoms with E-state index in [1.165, 1.54) is 11.1 Å². The summed E-state index contributed by atoms with van der Waals surface area (Å²) in [6, 6.07) is 8.49. The number of aliphatic imine (C=N–C) groups is 1. The second-order valence-electron chi connectivity index (χ2n) is 5.91. The van der Waals surface area contributed by atoms with Crippen molar-refractivity contribution in [1.29, 1.82) is 0 Å². The number of hydrogen-bond acceptors (Lipinski definition) is 3. The number of nitrogens with zero attached hydrogens (tertiary/aromatic N) is 3. The summed E-state index contributed by atoms with van der Waals surface area (Å²) in [5.41, 5.74) is 2.54. The SMILES string of the molecule is C=CCOCCCN1CCN(C(=NC)c2ccccc2C)CC1. The summed E-state index contributed by atoms with van der Waals surface area (Å²) in [5.74, 6) is 1.12. The van der Waals surface area contributed by atoms with Crippen molar-refractivity contribution in [1.82, 2.24) is 9.80 Å². The van der Waals surface area contributed by atoms with Gasteiger partial charge in [0.15, 0.2) is 0 Å². The second kappa shape index (κ2) is 9.48. The average Bonchev–Trinajstić information content (AvgIpc) is 2.58.